The third kappa shape index (κ3) is 4.73. The minimum Gasteiger partial charge on any atom is -0.309 e. The molecular weight excluding hydrogens is 396 g/mol. The normalized spacial score (nSPS) is 20.8. The molecule has 0 spiro atoms. The standard InChI is InChI=1S/C11H20N4O7S3/c1-2-13-9-7-14(4-3-5-22-15(16)17)25(20,21)11-8(9)6-10(23-11)24(12,18)19/h6,9,13,16-17H,2-5,7H2,1H3,(H2,12,18,19)/t9-/m0/s1. The van der Waals surface area contributed by atoms with Gasteiger partial charge in [0.15, 0.2) is 0 Å². The smallest absolute Gasteiger partial charge is 0.252 e. The first-order chi connectivity index (χ1) is 11.6. The van der Waals surface area contributed by atoms with Gasteiger partial charge in [0.1, 0.15) is 8.42 Å². The van der Waals surface area contributed by atoms with Crippen LogP contribution in [0.2, 0.25) is 0 Å². The molecular formula is C11H20N4O7S3. The van der Waals surface area contributed by atoms with E-state index in [1.54, 1.807) is 0 Å². The Bertz CT molecular complexity index is 806. The van der Waals surface area contributed by atoms with Crippen molar-refractivity contribution in [1.29, 1.82) is 0 Å². The van der Waals surface area contributed by atoms with Crippen molar-refractivity contribution in [1.82, 2.24) is 15.0 Å². The molecule has 0 saturated heterocycles. The highest BCUT2D eigenvalue weighted by Gasteiger charge is 2.39. The van der Waals surface area contributed by atoms with Gasteiger partial charge in [-0.05, 0) is 19.0 Å². The number of hydrogen-bond donors (Lipinski definition) is 4. The maximum absolute atomic E-state index is 12.7. The van der Waals surface area contributed by atoms with Crippen molar-refractivity contribution < 1.29 is 32.1 Å². The summed E-state index contributed by atoms with van der Waals surface area (Å²) in [7, 11) is -7.88. The van der Waals surface area contributed by atoms with Gasteiger partial charge < -0.3 is 5.32 Å². The number of thiophene rings is 1. The van der Waals surface area contributed by atoms with Gasteiger partial charge in [0, 0.05) is 24.7 Å². The summed E-state index contributed by atoms with van der Waals surface area (Å²) in [4.78, 5) is 4.41. The number of fused-ring (bicyclic) bond motifs is 1. The van der Waals surface area contributed by atoms with E-state index in [-0.39, 0.29) is 40.6 Å². The van der Waals surface area contributed by atoms with E-state index in [1.807, 2.05) is 6.92 Å². The molecule has 0 saturated carbocycles. The van der Waals surface area contributed by atoms with E-state index in [1.165, 1.54) is 10.4 Å². The second kappa shape index (κ2) is 7.91. The molecule has 0 bridgehead atoms. The lowest BCUT2D eigenvalue weighted by Crippen LogP contribution is -2.44. The second-order valence-corrected chi connectivity index (χ2v) is 10.2. The highest BCUT2D eigenvalue weighted by Crippen LogP contribution is 2.39. The van der Waals surface area contributed by atoms with Gasteiger partial charge in [-0.2, -0.15) is 4.31 Å². The summed E-state index contributed by atoms with van der Waals surface area (Å²) in [5, 5.41) is 24.7. The molecule has 1 atom stereocenters. The monoisotopic (exact) mass is 416 g/mol. The summed E-state index contributed by atoms with van der Waals surface area (Å²) in [6, 6.07) is 0.930. The van der Waals surface area contributed by atoms with Crippen LogP contribution in [-0.4, -0.2) is 63.2 Å². The molecule has 5 N–H and O–H groups in total. The fourth-order valence-electron chi connectivity index (χ4n) is 2.49. The molecule has 0 aliphatic carbocycles. The van der Waals surface area contributed by atoms with Crippen LogP contribution in [0.25, 0.3) is 0 Å². The van der Waals surface area contributed by atoms with E-state index < -0.39 is 25.4 Å². The number of nitrogens with two attached hydrogens (primary N) is 1. The molecule has 0 amide bonds. The molecule has 1 aliphatic heterocycles. The summed E-state index contributed by atoms with van der Waals surface area (Å²) in [6.07, 6.45) is 0.207. The Morgan fingerprint density at radius 1 is 1.52 bits per heavy atom. The van der Waals surface area contributed by atoms with E-state index >= 15 is 0 Å². The molecule has 1 aliphatic rings. The van der Waals surface area contributed by atoms with Crippen LogP contribution in [-0.2, 0) is 24.9 Å². The molecule has 0 radical (unpaired) electrons. The molecule has 0 unspecified atom stereocenters. The topological polar surface area (TPSA) is 162 Å². The third-order valence-corrected chi connectivity index (χ3v) is 8.49. The maximum Gasteiger partial charge on any atom is 0.252 e. The van der Waals surface area contributed by atoms with Crippen LogP contribution < -0.4 is 10.5 Å². The Morgan fingerprint density at radius 2 is 2.20 bits per heavy atom. The van der Waals surface area contributed by atoms with Crippen LogP contribution in [0.1, 0.15) is 24.9 Å². The van der Waals surface area contributed by atoms with E-state index in [4.69, 9.17) is 15.6 Å². The molecule has 14 heteroatoms. The number of nitrogens with one attached hydrogen (secondary N) is 1. The highest BCUT2D eigenvalue weighted by molar-refractivity contribution is 7.94. The van der Waals surface area contributed by atoms with Gasteiger partial charge in [0.25, 0.3) is 10.0 Å². The zero-order valence-corrected chi connectivity index (χ0v) is 15.8. The summed E-state index contributed by atoms with van der Waals surface area (Å²) in [6.45, 7) is 2.49. The summed E-state index contributed by atoms with van der Waals surface area (Å²) < 4.78 is 49.6. The van der Waals surface area contributed by atoms with Crippen molar-refractivity contribution in [3.05, 3.63) is 11.6 Å². The van der Waals surface area contributed by atoms with Gasteiger partial charge in [0.05, 0.1) is 12.0 Å². The largest absolute Gasteiger partial charge is 0.309 e. The third-order valence-electron chi connectivity index (χ3n) is 3.53. The molecule has 2 rings (SSSR count). The average Bonchev–Trinajstić information content (AvgIpc) is 2.94. The van der Waals surface area contributed by atoms with E-state index in [0.717, 1.165) is 0 Å². The van der Waals surface area contributed by atoms with Gasteiger partial charge in [-0.1, -0.05) is 6.92 Å². The van der Waals surface area contributed by atoms with Crippen LogP contribution >= 0.6 is 11.3 Å². The lowest BCUT2D eigenvalue weighted by Gasteiger charge is -2.32. The molecule has 0 fully saturated rings. The van der Waals surface area contributed by atoms with Crippen LogP contribution in [0.4, 0.5) is 0 Å². The van der Waals surface area contributed by atoms with Gasteiger partial charge in [0.2, 0.25) is 10.0 Å². The lowest BCUT2D eigenvalue weighted by molar-refractivity contribution is -0.492. The zero-order valence-electron chi connectivity index (χ0n) is 13.3. The Morgan fingerprint density at radius 3 is 2.76 bits per heavy atom. The lowest BCUT2D eigenvalue weighted by atomic mass is 10.1. The number of nitrogens with zero attached hydrogens (tertiary/aromatic N) is 2. The number of primary sulfonamides is 1. The van der Waals surface area contributed by atoms with E-state index in [0.29, 0.717) is 23.4 Å². The summed E-state index contributed by atoms with van der Waals surface area (Å²) in [5.74, 6) is 0. The molecule has 1 aromatic heterocycles. The SMILES string of the molecule is CCN[C@H]1CN(CCCON(O)O)S(=O)(=O)c2sc(S(N)(=O)=O)cc21. The van der Waals surface area contributed by atoms with Crippen molar-refractivity contribution in [2.24, 2.45) is 5.14 Å². The quantitative estimate of drug-likeness (QED) is 0.322. The fraction of sp³-hybridized carbons (Fsp3) is 0.636. The Hall–Kier alpha value is -0.680. The van der Waals surface area contributed by atoms with Crippen LogP contribution in [0.3, 0.4) is 0 Å². The van der Waals surface area contributed by atoms with E-state index in [9.17, 15) is 16.8 Å². The minimum absolute atomic E-state index is 0.0550. The molecule has 2 heterocycles. The second-order valence-electron chi connectivity index (χ2n) is 5.27. The first-order valence-electron chi connectivity index (χ1n) is 7.28. The number of rotatable bonds is 8. The Labute approximate surface area is 149 Å². The van der Waals surface area contributed by atoms with Crippen molar-refractivity contribution in [3.8, 4) is 0 Å². The Balaban J connectivity index is 2.30. The van der Waals surface area contributed by atoms with Gasteiger partial charge >= 0.3 is 0 Å². The predicted molar refractivity (Wildman–Crippen MR) is 86.8 cm³/mol. The zero-order chi connectivity index (χ0) is 18.8. The van der Waals surface area contributed by atoms with Crippen molar-refractivity contribution in [2.45, 2.75) is 27.8 Å². The molecule has 0 aromatic carbocycles. The molecule has 25 heavy (non-hydrogen) atoms. The molecule has 1 aromatic rings. The molecule has 11 nitrogen and oxygen atoms in total. The number of hydrogen-bond acceptors (Lipinski definition) is 10. The van der Waals surface area contributed by atoms with Crippen molar-refractivity contribution in [3.63, 3.8) is 0 Å². The van der Waals surface area contributed by atoms with Crippen molar-refractivity contribution >= 4 is 31.4 Å². The number of likely N-dealkylation sites (N-methyl/N-ethyl adjacent to an activating group) is 1. The number of sulfonamides is 2. The highest BCUT2D eigenvalue weighted by atomic mass is 32.3. The Kier molecular flexibility index (Phi) is 6.53. The first-order valence-corrected chi connectivity index (χ1v) is 11.1. The van der Waals surface area contributed by atoms with Crippen molar-refractivity contribution in [2.75, 3.05) is 26.2 Å². The van der Waals surface area contributed by atoms with Gasteiger partial charge in [-0.3, -0.25) is 15.3 Å². The predicted octanol–water partition coefficient (Wildman–Crippen LogP) is -0.547. The van der Waals surface area contributed by atoms with Crippen LogP contribution in [0.15, 0.2) is 14.5 Å². The fourth-order valence-corrected chi connectivity index (χ4v) is 6.79. The van der Waals surface area contributed by atoms with Crippen LogP contribution in [0.5, 0.6) is 0 Å². The first kappa shape index (κ1) is 20.6. The average molecular weight is 417 g/mol. The maximum atomic E-state index is 12.7. The van der Waals surface area contributed by atoms with Crippen LogP contribution in [0, 0.1) is 0 Å². The minimum atomic E-state index is -4.01. The molecule has 144 valence electrons. The van der Waals surface area contributed by atoms with Gasteiger partial charge in [-0.25, -0.2) is 22.0 Å². The van der Waals surface area contributed by atoms with Gasteiger partial charge in [-0.15, -0.1) is 11.3 Å². The summed E-state index contributed by atoms with van der Waals surface area (Å²) >= 11 is 0.625. The summed E-state index contributed by atoms with van der Waals surface area (Å²) in [5.41, 5.74) is 0.389. The van der Waals surface area contributed by atoms with E-state index in [2.05, 4.69) is 10.2 Å².